The molecule has 1 aromatic rings. The van der Waals surface area contributed by atoms with Crippen LogP contribution in [-0.2, 0) is 24.7 Å². The zero-order valence-corrected chi connectivity index (χ0v) is 13.9. The van der Waals surface area contributed by atoms with Gasteiger partial charge in [-0.3, -0.25) is 10.2 Å². The zero-order valence-electron chi connectivity index (χ0n) is 12.3. The molecule has 0 aliphatic carbocycles. The number of carbonyl (C=O) groups excluding carboxylic acids is 1. The summed E-state index contributed by atoms with van der Waals surface area (Å²) in [6, 6.07) is 4.84. The molecule has 22 heavy (non-hydrogen) atoms. The van der Waals surface area contributed by atoms with Crippen LogP contribution in [0.5, 0.6) is 0 Å². The Morgan fingerprint density at radius 2 is 1.95 bits per heavy atom. The Balaban J connectivity index is 2.05. The zero-order chi connectivity index (χ0) is 16.5. The Hall–Kier alpha value is -1.45. The monoisotopic (exact) mass is 346 g/mol. The molecule has 1 amide bonds. The van der Waals surface area contributed by atoms with Crippen molar-refractivity contribution >= 4 is 25.8 Å². The van der Waals surface area contributed by atoms with Crippen LogP contribution in [0.2, 0.25) is 0 Å². The molecule has 2 rings (SSSR count). The molecule has 0 radical (unpaired) electrons. The molecule has 1 heterocycles. The predicted molar refractivity (Wildman–Crippen MR) is 81.1 cm³/mol. The lowest BCUT2D eigenvalue weighted by Gasteiger charge is -2.13. The van der Waals surface area contributed by atoms with Gasteiger partial charge in [-0.1, -0.05) is 17.7 Å². The minimum absolute atomic E-state index is 0.0467. The summed E-state index contributed by atoms with van der Waals surface area (Å²) in [5, 5.41) is 0. The number of sulfone groups is 1. The quantitative estimate of drug-likeness (QED) is 0.749. The van der Waals surface area contributed by atoms with Crippen LogP contribution in [0.15, 0.2) is 23.1 Å². The smallest absolute Gasteiger partial charge is 0.257 e. The molecular formula is C13H18N2O5S2. The van der Waals surface area contributed by atoms with Crippen LogP contribution in [-0.4, -0.2) is 34.2 Å². The SMILES string of the molecule is Cc1ccc(S(=O)(=O)NNC(=O)[C@@H]2CCS(=O)(=O)C2)c(C)c1. The van der Waals surface area contributed by atoms with Crippen LogP contribution < -0.4 is 10.3 Å². The van der Waals surface area contributed by atoms with E-state index in [0.717, 1.165) is 5.56 Å². The molecule has 7 nitrogen and oxygen atoms in total. The van der Waals surface area contributed by atoms with Crippen molar-refractivity contribution in [3.05, 3.63) is 29.3 Å². The van der Waals surface area contributed by atoms with Gasteiger partial charge in [0.2, 0.25) is 5.91 Å². The van der Waals surface area contributed by atoms with Crippen molar-refractivity contribution < 1.29 is 21.6 Å². The highest BCUT2D eigenvalue weighted by Crippen LogP contribution is 2.19. The van der Waals surface area contributed by atoms with Crippen LogP contribution in [0.4, 0.5) is 0 Å². The van der Waals surface area contributed by atoms with Crippen molar-refractivity contribution in [3.63, 3.8) is 0 Å². The highest BCUT2D eigenvalue weighted by molar-refractivity contribution is 7.91. The minimum atomic E-state index is -3.89. The maximum Gasteiger partial charge on any atom is 0.257 e. The Bertz CT molecular complexity index is 800. The third-order valence-electron chi connectivity index (χ3n) is 3.53. The molecule has 0 unspecified atom stereocenters. The topological polar surface area (TPSA) is 109 Å². The lowest BCUT2D eigenvalue weighted by atomic mass is 10.1. The van der Waals surface area contributed by atoms with E-state index in [2.05, 4.69) is 5.43 Å². The standard InChI is InChI=1S/C13H18N2O5S2/c1-9-3-4-12(10(2)7-9)22(19,20)15-14-13(16)11-5-6-21(17,18)8-11/h3-4,7,11,15H,5-6,8H2,1-2H3,(H,14,16)/t11-/m1/s1. The van der Waals surface area contributed by atoms with E-state index in [9.17, 15) is 21.6 Å². The van der Waals surface area contributed by atoms with Crippen molar-refractivity contribution in [1.82, 2.24) is 10.3 Å². The van der Waals surface area contributed by atoms with Crippen molar-refractivity contribution in [1.29, 1.82) is 0 Å². The molecule has 9 heteroatoms. The number of rotatable bonds is 4. The second-order valence-corrected chi connectivity index (χ2v) is 9.34. The molecule has 0 aromatic heterocycles. The van der Waals surface area contributed by atoms with E-state index in [-0.39, 0.29) is 22.8 Å². The van der Waals surface area contributed by atoms with Gasteiger partial charge in [-0.15, -0.1) is 4.83 Å². The highest BCUT2D eigenvalue weighted by Gasteiger charge is 2.33. The normalized spacial score (nSPS) is 20.7. The first kappa shape index (κ1) is 16.9. The van der Waals surface area contributed by atoms with Crippen molar-refractivity contribution in [2.75, 3.05) is 11.5 Å². The van der Waals surface area contributed by atoms with Crippen LogP contribution in [0.1, 0.15) is 17.5 Å². The fourth-order valence-corrected chi connectivity index (χ4v) is 5.19. The summed E-state index contributed by atoms with van der Waals surface area (Å²) in [6.45, 7) is 3.51. The Morgan fingerprint density at radius 3 is 2.50 bits per heavy atom. The number of nitrogens with one attached hydrogen (secondary N) is 2. The lowest BCUT2D eigenvalue weighted by Crippen LogP contribution is -2.44. The predicted octanol–water partition coefficient (Wildman–Crippen LogP) is 0.0476. The van der Waals surface area contributed by atoms with Gasteiger partial charge in [-0.2, -0.15) is 0 Å². The number of aryl methyl sites for hydroxylation is 2. The third-order valence-corrected chi connectivity index (χ3v) is 6.71. The van der Waals surface area contributed by atoms with Gasteiger partial charge < -0.3 is 0 Å². The largest absolute Gasteiger partial charge is 0.277 e. The number of amides is 1. The van der Waals surface area contributed by atoms with Gasteiger partial charge in [0.25, 0.3) is 10.0 Å². The minimum Gasteiger partial charge on any atom is -0.277 e. The van der Waals surface area contributed by atoms with E-state index in [1.165, 1.54) is 6.07 Å². The van der Waals surface area contributed by atoms with Gasteiger partial charge in [0.15, 0.2) is 9.84 Å². The van der Waals surface area contributed by atoms with Crippen LogP contribution in [0, 0.1) is 19.8 Å². The second kappa shape index (κ2) is 5.98. The summed E-state index contributed by atoms with van der Waals surface area (Å²) in [5.74, 6) is -1.64. The van der Waals surface area contributed by atoms with Gasteiger partial charge in [0, 0.05) is 0 Å². The molecule has 2 N–H and O–H groups in total. The summed E-state index contributed by atoms with van der Waals surface area (Å²) in [7, 11) is -7.09. The summed E-state index contributed by atoms with van der Waals surface area (Å²) in [6.07, 6.45) is 0.208. The molecule has 0 spiro atoms. The first-order valence-electron chi connectivity index (χ1n) is 6.70. The average Bonchev–Trinajstić information content (AvgIpc) is 2.76. The number of benzene rings is 1. The molecule has 122 valence electrons. The Kier molecular flexibility index (Phi) is 4.59. The van der Waals surface area contributed by atoms with E-state index >= 15 is 0 Å². The van der Waals surface area contributed by atoms with Gasteiger partial charge >= 0.3 is 0 Å². The number of sulfonamides is 1. The molecular weight excluding hydrogens is 328 g/mol. The fourth-order valence-electron chi connectivity index (χ4n) is 2.38. The summed E-state index contributed by atoms with van der Waals surface area (Å²) in [4.78, 5) is 13.9. The lowest BCUT2D eigenvalue weighted by molar-refractivity contribution is -0.124. The second-order valence-electron chi connectivity index (χ2n) is 5.46. The Labute approximate surface area is 130 Å². The van der Waals surface area contributed by atoms with Crippen molar-refractivity contribution in [2.24, 2.45) is 5.92 Å². The maximum atomic E-state index is 12.2. The number of hydrogen-bond donors (Lipinski definition) is 2. The summed E-state index contributed by atoms with van der Waals surface area (Å²) in [5.41, 5.74) is 3.59. The molecule has 0 saturated carbocycles. The van der Waals surface area contributed by atoms with Crippen molar-refractivity contribution in [3.8, 4) is 0 Å². The van der Waals surface area contributed by atoms with Crippen molar-refractivity contribution in [2.45, 2.75) is 25.2 Å². The molecule has 1 atom stereocenters. The molecule has 1 aliphatic heterocycles. The van der Waals surface area contributed by atoms with Gasteiger partial charge in [0.1, 0.15) is 0 Å². The van der Waals surface area contributed by atoms with E-state index < -0.39 is 31.7 Å². The number of hydrogen-bond acceptors (Lipinski definition) is 5. The maximum absolute atomic E-state index is 12.2. The van der Waals surface area contributed by atoms with Gasteiger partial charge in [-0.25, -0.2) is 16.8 Å². The van der Waals surface area contributed by atoms with Gasteiger partial charge in [-0.05, 0) is 31.9 Å². The van der Waals surface area contributed by atoms with E-state index in [1.54, 1.807) is 19.1 Å². The molecule has 0 bridgehead atoms. The van der Waals surface area contributed by atoms with Gasteiger partial charge in [0.05, 0.1) is 22.3 Å². The molecule has 1 aliphatic rings. The van der Waals surface area contributed by atoms with E-state index in [4.69, 9.17) is 0 Å². The molecule has 1 fully saturated rings. The van der Waals surface area contributed by atoms with Crippen LogP contribution in [0.3, 0.4) is 0 Å². The summed E-state index contributed by atoms with van der Waals surface area (Å²) < 4.78 is 47.0. The highest BCUT2D eigenvalue weighted by atomic mass is 32.2. The number of hydrazine groups is 1. The van der Waals surface area contributed by atoms with Crippen LogP contribution in [0.25, 0.3) is 0 Å². The first-order chi connectivity index (χ1) is 10.1. The summed E-state index contributed by atoms with van der Waals surface area (Å²) >= 11 is 0. The third kappa shape index (κ3) is 3.84. The Morgan fingerprint density at radius 1 is 1.27 bits per heavy atom. The first-order valence-corrected chi connectivity index (χ1v) is 10.0. The number of carbonyl (C=O) groups is 1. The molecule has 1 saturated heterocycles. The van der Waals surface area contributed by atoms with E-state index in [1.807, 2.05) is 11.8 Å². The fraction of sp³-hybridized carbons (Fsp3) is 0.462. The van der Waals surface area contributed by atoms with Crippen LogP contribution >= 0.6 is 0 Å². The molecule has 1 aromatic carbocycles. The average molecular weight is 346 g/mol. The van der Waals surface area contributed by atoms with E-state index in [0.29, 0.717) is 5.56 Å².